The van der Waals surface area contributed by atoms with Crippen LogP contribution in [0.5, 0.6) is 0 Å². The maximum Gasteiger partial charge on any atom is 0.408 e. The normalized spacial score (nSPS) is 11.5. The van der Waals surface area contributed by atoms with E-state index in [1.807, 2.05) is 0 Å². The second-order valence-corrected chi connectivity index (χ2v) is 3.02. The quantitative estimate of drug-likeness (QED) is 0.813. The SMILES string of the molecule is CNC(=O)c1cc(C)n(CC(F)(F)F)n1. The fourth-order valence-corrected chi connectivity index (χ4v) is 1.08. The van der Waals surface area contributed by atoms with Crippen molar-refractivity contribution in [3.63, 3.8) is 0 Å². The lowest BCUT2D eigenvalue weighted by Crippen LogP contribution is -2.21. The Bertz CT molecular complexity index is 370. The van der Waals surface area contributed by atoms with Crippen LogP contribution in [-0.2, 0) is 6.54 Å². The molecule has 4 nitrogen and oxygen atoms in total. The molecule has 0 radical (unpaired) electrons. The second kappa shape index (κ2) is 3.92. The predicted octanol–water partition coefficient (Wildman–Crippen LogP) is 1.11. The molecule has 1 N–H and O–H groups in total. The van der Waals surface area contributed by atoms with Gasteiger partial charge in [0.15, 0.2) is 0 Å². The summed E-state index contributed by atoms with van der Waals surface area (Å²) >= 11 is 0. The molecule has 0 aliphatic carbocycles. The molecule has 0 saturated carbocycles. The second-order valence-electron chi connectivity index (χ2n) is 3.02. The third kappa shape index (κ3) is 2.97. The van der Waals surface area contributed by atoms with E-state index in [1.54, 1.807) is 0 Å². The topological polar surface area (TPSA) is 46.9 Å². The molecule has 0 saturated heterocycles. The minimum absolute atomic E-state index is 0.0146. The first-order valence-electron chi connectivity index (χ1n) is 4.17. The number of amides is 1. The lowest BCUT2D eigenvalue weighted by atomic mass is 10.3. The van der Waals surface area contributed by atoms with Gasteiger partial charge in [0.05, 0.1) is 0 Å². The average Bonchev–Trinajstić information content (AvgIpc) is 2.44. The Balaban J connectivity index is 2.92. The highest BCUT2D eigenvalue weighted by Gasteiger charge is 2.29. The van der Waals surface area contributed by atoms with Gasteiger partial charge < -0.3 is 5.32 Å². The van der Waals surface area contributed by atoms with Crippen molar-refractivity contribution in [2.45, 2.75) is 19.6 Å². The maximum absolute atomic E-state index is 12.1. The van der Waals surface area contributed by atoms with Gasteiger partial charge in [-0.2, -0.15) is 18.3 Å². The molecule has 1 aromatic heterocycles. The number of carbonyl (C=O) groups is 1. The van der Waals surface area contributed by atoms with Crippen molar-refractivity contribution in [2.75, 3.05) is 7.05 Å². The molecule has 1 rings (SSSR count). The lowest BCUT2D eigenvalue weighted by molar-refractivity contribution is -0.142. The molecule has 7 heteroatoms. The van der Waals surface area contributed by atoms with E-state index >= 15 is 0 Å². The van der Waals surface area contributed by atoms with Crippen molar-refractivity contribution in [3.8, 4) is 0 Å². The Kier molecular flexibility index (Phi) is 3.01. The zero-order valence-corrected chi connectivity index (χ0v) is 8.22. The molecule has 15 heavy (non-hydrogen) atoms. The number of carbonyl (C=O) groups excluding carboxylic acids is 1. The average molecular weight is 221 g/mol. The predicted molar refractivity (Wildman–Crippen MR) is 46.4 cm³/mol. The van der Waals surface area contributed by atoms with Gasteiger partial charge in [-0.1, -0.05) is 0 Å². The van der Waals surface area contributed by atoms with Crippen LogP contribution in [0.1, 0.15) is 16.2 Å². The van der Waals surface area contributed by atoms with Crippen molar-refractivity contribution in [3.05, 3.63) is 17.5 Å². The maximum atomic E-state index is 12.1. The monoisotopic (exact) mass is 221 g/mol. The number of nitrogens with zero attached hydrogens (tertiary/aromatic N) is 2. The molecule has 1 aromatic rings. The zero-order valence-electron chi connectivity index (χ0n) is 8.22. The van der Waals surface area contributed by atoms with Crippen molar-refractivity contribution in [1.82, 2.24) is 15.1 Å². The van der Waals surface area contributed by atoms with Gasteiger partial charge in [0.2, 0.25) is 0 Å². The molecule has 0 aliphatic rings. The molecule has 0 atom stereocenters. The van der Waals surface area contributed by atoms with Crippen LogP contribution in [-0.4, -0.2) is 28.9 Å². The molecule has 0 bridgehead atoms. The fourth-order valence-electron chi connectivity index (χ4n) is 1.08. The summed E-state index contributed by atoms with van der Waals surface area (Å²) < 4.78 is 36.9. The Hall–Kier alpha value is -1.53. The van der Waals surface area contributed by atoms with Crippen LogP contribution in [0.25, 0.3) is 0 Å². The van der Waals surface area contributed by atoms with Crippen LogP contribution in [0.4, 0.5) is 13.2 Å². The largest absolute Gasteiger partial charge is 0.408 e. The summed E-state index contributed by atoms with van der Waals surface area (Å²) in [7, 11) is 1.39. The van der Waals surface area contributed by atoms with E-state index in [-0.39, 0.29) is 5.69 Å². The van der Waals surface area contributed by atoms with Gasteiger partial charge in [-0.25, -0.2) is 0 Å². The Morgan fingerprint density at radius 2 is 2.20 bits per heavy atom. The number of halogens is 3. The zero-order chi connectivity index (χ0) is 11.6. The molecule has 84 valence electrons. The number of aromatic nitrogens is 2. The number of alkyl halides is 3. The van der Waals surface area contributed by atoms with Crippen LogP contribution in [0, 0.1) is 6.92 Å². The van der Waals surface area contributed by atoms with Crippen molar-refractivity contribution < 1.29 is 18.0 Å². The molecule has 0 spiro atoms. The van der Waals surface area contributed by atoms with Gasteiger partial charge in [-0.15, -0.1) is 0 Å². The van der Waals surface area contributed by atoms with Crippen molar-refractivity contribution in [2.24, 2.45) is 0 Å². The minimum atomic E-state index is -4.34. The van der Waals surface area contributed by atoms with Gasteiger partial charge in [-0.05, 0) is 13.0 Å². The minimum Gasteiger partial charge on any atom is -0.354 e. The van der Waals surface area contributed by atoms with E-state index in [2.05, 4.69) is 10.4 Å². The number of hydrogen-bond donors (Lipinski definition) is 1. The Morgan fingerprint density at radius 3 is 2.67 bits per heavy atom. The summed E-state index contributed by atoms with van der Waals surface area (Å²) in [6.07, 6.45) is -4.34. The highest BCUT2D eigenvalue weighted by molar-refractivity contribution is 5.92. The van der Waals surface area contributed by atoms with E-state index in [0.29, 0.717) is 5.69 Å². The molecule has 0 aliphatic heterocycles. The standard InChI is InChI=1S/C8H10F3N3O/c1-5-3-6(7(15)12-2)13-14(5)4-8(9,10)11/h3H,4H2,1-2H3,(H,12,15). The third-order valence-electron chi connectivity index (χ3n) is 1.77. The number of aryl methyl sites for hydroxylation is 1. The number of hydrogen-bond acceptors (Lipinski definition) is 2. The summed E-state index contributed by atoms with van der Waals surface area (Å²) in [4.78, 5) is 11.1. The molecular weight excluding hydrogens is 211 g/mol. The smallest absolute Gasteiger partial charge is 0.354 e. The van der Waals surface area contributed by atoms with E-state index in [1.165, 1.54) is 20.0 Å². The summed E-state index contributed by atoms with van der Waals surface area (Å²) in [6, 6.07) is 1.31. The van der Waals surface area contributed by atoms with E-state index in [4.69, 9.17) is 0 Å². The number of rotatable bonds is 2. The molecule has 0 fully saturated rings. The molecule has 0 aromatic carbocycles. The lowest BCUT2D eigenvalue weighted by Gasteiger charge is -2.07. The van der Waals surface area contributed by atoms with Crippen LogP contribution in [0.3, 0.4) is 0 Å². The fraction of sp³-hybridized carbons (Fsp3) is 0.500. The van der Waals surface area contributed by atoms with Crippen LogP contribution in [0.2, 0.25) is 0 Å². The third-order valence-corrected chi connectivity index (χ3v) is 1.77. The molecule has 1 amide bonds. The van der Waals surface area contributed by atoms with Gasteiger partial charge >= 0.3 is 6.18 Å². The summed E-state index contributed by atoms with van der Waals surface area (Å²) in [5.41, 5.74) is 0.283. The van der Waals surface area contributed by atoms with E-state index in [0.717, 1.165) is 4.68 Å². The summed E-state index contributed by atoms with van der Waals surface area (Å²) in [5, 5.41) is 5.84. The van der Waals surface area contributed by atoms with E-state index in [9.17, 15) is 18.0 Å². The van der Waals surface area contributed by atoms with Gasteiger partial charge in [0.1, 0.15) is 12.2 Å². The van der Waals surface area contributed by atoms with E-state index < -0.39 is 18.6 Å². The Morgan fingerprint density at radius 1 is 1.60 bits per heavy atom. The highest BCUT2D eigenvalue weighted by Crippen LogP contribution is 2.18. The van der Waals surface area contributed by atoms with Gasteiger partial charge in [-0.3, -0.25) is 9.48 Å². The van der Waals surface area contributed by atoms with Crippen LogP contribution in [0.15, 0.2) is 6.07 Å². The van der Waals surface area contributed by atoms with Gasteiger partial charge in [0.25, 0.3) is 5.91 Å². The van der Waals surface area contributed by atoms with Gasteiger partial charge in [0, 0.05) is 12.7 Å². The summed E-state index contributed by atoms with van der Waals surface area (Å²) in [5.74, 6) is -0.501. The first-order valence-corrected chi connectivity index (χ1v) is 4.17. The Labute approximate surface area is 84.1 Å². The summed E-state index contributed by atoms with van der Waals surface area (Å²) in [6.45, 7) is 0.279. The van der Waals surface area contributed by atoms with Crippen molar-refractivity contribution >= 4 is 5.91 Å². The van der Waals surface area contributed by atoms with Crippen LogP contribution < -0.4 is 5.32 Å². The molecular formula is C8H10F3N3O. The molecule has 1 heterocycles. The molecule has 0 unspecified atom stereocenters. The van der Waals surface area contributed by atoms with Crippen molar-refractivity contribution in [1.29, 1.82) is 0 Å². The first kappa shape index (κ1) is 11.5. The highest BCUT2D eigenvalue weighted by atomic mass is 19.4. The number of nitrogens with one attached hydrogen (secondary N) is 1. The first-order chi connectivity index (χ1) is 6.83. The van der Waals surface area contributed by atoms with Crippen LogP contribution >= 0.6 is 0 Å².